The number of benzene rings is 3. The number of hydrogen-bond donors (Lipinski definition) is 1. The van der Waals surface area contributed by atoms with Crippen molar-refractivity contribution >= 4 is 23.2 Å². The minimum atomic E-state index is -0.698. The molecule has 0 saturated heterocycles. The number of nitrogens with one attached hydrogen (secondary N) is 1. The summed E-state index contributed by atoms with van der Waals surface area (Å²) < 4.78 is 25.1. The fourth-order valence-corrected chi connectivity index (χ4v) is 3.41. The fourth-order valence-electron chi connectivity index (χ4n) is 3.41. The Balaban J connectivity index is 1.63. The van der Waals surface area contributed by atoms with Crippen LogP contribution in [0.5, 0.6) is 11.5 Å². The fraction of sp³-hybridized carbons (Fsp3) is 0.167. The Hall–Kier alpha value is -3.87. The van der Waals surface area contributed by atoms with Crippen molar-refractivity contribution < 1.29 is 23.5 Å². The molecule has 3 aromatic rings. The number of fused-ring (bicyclic) bond motifs is 1. The molecule has 7 heteroatoms. The highest BCUT2D eigenvalue weighted by molar-refractivity contribution is 6.06. The summed E-state index contributed by atoms with van der Waals surface area (Å²) in [6, 6.07) is 18.1. The summed E-state index contributed by atoms with van der Waals surface area (Å²) in [6.07, 6.45) is -0.698. The van der Waals surface area contributed by atoms with E-state index in [1.807, 2.05) is 0 Å². The lowest BCUT2D eigenvalue weighted by Gasteiger charge is -2.33. The number of nitrogens with zero attached hydrogens (tertiary/aromatic N) is 1. The molecule has 0 aromatic heterocycles. The predicted molar refractivity (Wildman–Crippen MR) is 115 cm³/mol. The normalized spacial score (nSPS) is 15.1. The Morgan fingerprint density at radius 2 is 1.94 bits per heavy atom. The molecule has 31 heavy (non-hydrogen) atoms. The molecule has 0 fully saturated rings. The molecule has 0 saturated carbocycles. The number of carbonyl (C=O) groups is 2. The minimum Gasteiger partial charge on any atom is -0.497 e. The third-order valence-corrected chi connectivity index (χ3v) is 5.04. The summed E-state index contributed by atoms with van der Waals surface area (Å²) in [5, 5.41) is 2.82. The molecule has 6 nitrogen and oxygen atoms in total. The lowest BCUT2D eigenvalue weighted by atomic mass is 10.1. The topological polar surface area (TPSA) is 67.9 Å². The van der Waals surface area contributed by atoms with Crippen LogP contribution in [0.2, 0.25) is 0 Å². The molecule has 1 aliphatic rings. The van der Waals surface area contributed by atoms with Crippen molar-refractivity contribution in [1.29, 1.82) is 0 Å². The van der Waals surface area contributed by atoms with Gasteiger partial charge in [0, 0.05) is 16.8 Å². The van der Waals surface area contributed by atoms with Crippen LogP contribution in [0.4, 0.5) is 15.8 Å². The van der Waals surface area contributed by atoms with E-state index in [1.165, 1.54) is 18.1 Å². The average molecular weight is 420 g/mol. The van der Waals surface area contributed by atoms with Crippen LogP contribution < -0.4 is 19.7 Å². The molecule has 1 N–H and O–H groups in total. The molecule has 0 spiro atoms. The molecule has 3 aromatic carbocycles. The molecule has 2 amide bonds. The van der Waals surface area contributed by atoms with E-state index in [2.05, 4.69) is 5.32 Å². The van der Waals surface area contributed by atoms with Crippen molar-refractivity contribution in [1.82, 2.24) is 0 Å². The molecule has 1 unspecified atom stereocenters. The van der Waals surface area contributed by atoms with E-state index in [1.54, 1.807) is 67.6 Å². The standard InChI is InChI=1S/C24H21FN2O4/c1-15-24(29)27(14-17-6-3-4-9-20(17)25)21-13-18(10-11-22(21)31-15)26-23(28)16-7-5-8-19(12-16)30-2/h3-13,15H,14H2,1-2H3,(H,26,28). The van der Waals surface area contributed by atoms with Crippen LogP contribution in [-0.2, 0) is 11.3 Å². The van der Waals surface area contributed by atoms with E-state index in [9.17, 15) is 14.0 Å². The largest absolute Gasteiger partial charge is 0.497 e. The number of halogens is 1. The first-order valence-corrected chi connectivity index (χ1v) is 9.77. The Bertz CT molecular complexity index is 1150. The summed E-state index contributed by atoms with van der Waals surface area (Å²) in [5.74, 6) is 0.0615. The SMILES string of the molecule is COc1cccc(C(=O)Nc2ccc3c(c2)N(Cc2ccccc2F)C(=O)C(C)O3)c1. The van der Waals surface area contributed by atoms with Gasteiger partial charge < -0.3 is 19.7 Å². The Labute approximate surface area is 179 Å². The monoisotopic (exact) mass is 420 g/mol. The molecule has 1 atom stereocenters. The van der Waals surface area contributed by atoms with Gasteiger partial charge in [0.25, 0.3) is 11.8 Å². The lowest BCUT2D eigenvalue weighted by Crippen LogP contribution is -2.44. The van der Waals surface area contributed by atoms with Crippen LogP contribution in [0.1, 0.15) is 22.8 Å². The van der Waals surface area contributed by atoms with Gasteiger partial charge in [-0.15, -0.1) is 0 Å². The quantitative estimate of drug-likeness (QED) is 0.664. The number of methoxy groups -OCH3 is 1. The predicted octanol–water partition coefficient (Wildman–Crippen LogP) is 4.40. The zero-order valence-corrected chi connectivity index (χ0v) is 17.1. The van der Waals surface area contributed by atoms with Gasteiger partial charge in [-0.05, 0) is 49.4 Å². The average Bonchev–Trinajstić information content (AvgIpc) is 2.78. The van der Waals surface area contributed by atoms with Crippen molar-refractivity contribution in [2.24, 2.45) is 0 Å². The van der Waals surface area contributed by atoms with E-state index < -0.39 is 11.9 Å². The molecular weight excluding hydrogens is 399 g/mol. The van der Waals surface area contributed by atoms with Crippen LogP contribution in [0.15, 0.2) is 66.7 Å². The molecule has 1 aliphatic heterocycles. The Kier molecular flexibility index (Phi) is 5.58. The van der Waals surface area contributed by atoms with Crippen LogP contribution >= 0.6 is 0 Å². The van der Waals surface area contributed by atoms with Gasteiger partial charge in [-0.25, -0.2) is 4.39 Å². The summed E-state index contributed by atoms with van der Waals surface area (Å²) in [6.45, 7) is 1.71. The zero-order chi connectivity index (χ0) is 22.0. The van der Waals surface area contributed by atoms with Gasteiger partial charge in [0.1, 0.15) is 17.3 Å². The van der Waals surface area contributed by atoms with Crippen molar-refractivity contribution in [3.63, 3.8) is 0 Å². The first kappa shape index (κ1) is 20.4. The second kappa shape index (κ2) is 8.47. The zero-order valence-electron chi connectivity index (χ0n) is 17.1. The van der Waals surface area contributed by atoms with Gasteiger partial charge in [-0.1, -0.05) is 24.3 Å². The maximum absolute atomic E-state index is 14.2. The van der Waals surface area contributed by atoms with Crippen molar-refractivity contribution in [2.45, 2.75) is 19.6 Å². The van der Waals surface area contributed by atoms with Gasteiger partial charge in [-0.3, -0.25) is 9.59 Å². The maximum atomic E-state index is 14.2. The number of amides is 2. The van der Waals surface area contributed by atoms with Crippen LogP contribution in [0.3, 0.4) is 0 Å². The first-order chi connectivity index (χ1) is 15.0. The number of hydrogen-bond acceptors (Lipinski definition) is 4. The molecule has 158 valence electrons. The van der Waals surface area contributed by atoms with E-state index in [0.29, 0.717) is 34.0 Å². The van der Waals surface area contributed by atoms with Gasteiger partial charge in [0.15, 0.2) is 6.10 Å². The second-order valence-electron chi connectivity index (χ2n) is 7.14. The van der Waals surface area contributed by atoms with Crippen molar-refractivity contribution in [3.05, 3.63) is 83.7 Å². The highest BCUT2D eigenvalue weighted by Gasteiger charge is 2.32. The number of carbonyl (C=O) groups excluding carboxylic acids is 2. The highest BCUT2D eigenvalue weighted by atomic mass is 19.1. The van der Waals surface area contributed by atoms with Gasteiger partial charge in [0.05, 0.1) is 19.3 Å². The van der Waals surface area contributed by atoms with Crippen LogP contribution in [0.25, 0.3) is 0 Å². The van der Waals surface area contributed by atoms with Gasteiger partial charge in [-0.2, -0.15) is 0 Å². The molecular formula is C24H21FN2O4. The highest BCUT2D eigenvalue weighted by Crippen LogP contribution is 2.37. The Morgan fingerprint density at radius 3 is 2.71 bits per heavy atom. The van der Waals surface area contributed by atoms with Crippen LogP contribution in [0, 0.1) is 5.82 Å². The molecule has 0 radical (unpaired) electrons. The lowest BCUT2D eigenvalue weighted by molar-refractivity contribution is -0.125. The van der Waals surface area contributed by atoms with E-state index in [4.69, 9.17) is 9.47 Å². The van der Waals surface area contributed by atoms with Crippen LogP contribution in [-0.4, -0.2) is 25.0 Å². The summed E-state index contributed by atoms with van der Waals surface area (Å²) in [7, 11) is 1.53. The molecule has 4 rings (SSSR count). The number of anilines is 2. The third kappa shape index (κ3) is 4.21. The summed E-state index contributed by atoms with van der Waals surface area (Å²) in [4.78, 5) is 26.9. The van der Waals surface area contributed by atoms with Crippen molar-refractivity contribution in [2.75, 3.05) is 17.3 Å². The maximum Gasteiger partial charge on any atom is 0.268 e. The smallest absolute Gasteiger partial charge is 0.268 e. The Morgan fingerprint density at radius 1 is 1.13 bits per heavy atom. The van der Waals surface area contributed by atoms with E-state index in [-0.39, 0.29) is 18.4 Å². The van der Waals surface area contributed by atoms with E-state index in [0.717, 1.165) is 0 Å². The number of rotatable bonds is 5. The second-order valence-corrected chi connectivity index (χ2v) is 7.14. The first-order valence-electron chi connectivity index (χ1n) is 9.77. The molecule has 1 heterocycles. The molecule has 0 aliphatic carbocycles. The number of ether oxygens (including phenoxy) is 2. The summed E-state index contributed by atoms with van der Waals surface area (Å²) in [5.41, 5.74) is 1.77. The van der Waals surface area contributed by atoms with Gasteiger partial charge in [0.2, 0.25) is 0 Å². The van der Waals surface area contributed by atoms with E-state index >= 15 is 0 Å². The summed E-state index contributed by atoms with van der Waals surface area (Å²) >= 11 is 0. The van der Waals surface area contributed by atoms with Crippen molar-refractivity contribution in [3.8, 4) is 11.5 Å². The molecule has 0 bridgehead atoms. The third-order valence-electron chi connectivity index (χ3n) is 5.04. The minimum absolute atomic E-state index is 0.0551. The van der Waals surface area contributed by atoms with Gasteiger partial charge >= 0.3 is 0 Å².